The highest BCUT2D eigenvalue weighted by Crippen LogP contribution is 2.14. The van der Waals surface area contributed by atoms with Crippen LogP contribution in [-0.2, 0) is 6.42 Å². The molecule has 1 aromatic rings. The van der Waals surface area contributed by atoms with Crippen LogP contribution in [-0.4, -0.2) is 12.6 Å². The molecule has 1 N–H and O–H groups in total. The average molecular weight is 210 g/mol. The van der Waals surface area contributed by atoms with Crippen molar-refractivity contribution in [3.8, 4) is 0 Å². The number of halogens is 1. The van der Waals surface area contributed by atoms with Crippen LogP contribution in [0.1, 0.15) is 18.4 Å². The maximum Gasteiger partial charge on any atom is 0.0678 e. The highest BCUT2D eigenvalue weighted by atomic mass is 35.5. The Morgan fingerprint density at radius 1 is 1.50 bits per heavy atom. The minimum Gasteiger partial charge on any atom is -0.465 e. The van der Waals surface area contributed by atoms with Gasteiger partial charge in [-0.15, -0.1) is 0 Å². The number of hydrogen-bond acceptors (Lipinski definition) is 0. The van der Waals surface area contributed by atoms with Gasteiger partial charge in [0.25, 0.3) is 0 Å². The minimum absolute atomic E-state index is 0.688. The molecule has 2 atom stereocenters. The third kappa shape index (κ3) is 2.28. The number of quaternary nitrogens is 1. The third-order valence-electron chi connectivity index (χ3n) is 3.00. The summed E-state index contributed by atoms with van der Waals surface area (Å²) in [7, 11) is 4.12. The Bertz CT molecular complexity index is 311. The van der Waals surface area contributed by atoms with E-state index in [1.807, 2.05) is 12.1 Å². The molecule has 0 radical (unpaired) electrons. The molecule has 1 nitrogen and oxygen atoms in total. The van der Waals surface area contributed by atoms with E-state index >= 15 is 0 Å². The molecular weight excluding hydrogens is 194 g/mol. The van der Waals surface area contributed by atoms with Gasteiger partial charge in [0.2, 0.25) is 0 Å². The summed E-state index contributed by atoms with van der Waals surface area (Å²) in [6.45, 7) is 1.21. The van der Waals surface area contributed by atoms with Crippen molar-refractivity contribution in [2.75, 3.05) is 6.54 Å². The summed E-state index contributed by atoms with van der Waals surface area (Å²) in [5.41, 5.74) is 1.34. The second-order valence-electron chi connectivity index (χ2n) is 4.08. The molecule has 0 amide bonds. The maximum atomic E-state index is 5.94. The molecule has 1 fully saturated rings. The summed E-state index contributed by atoms with van der Waals surface area (Å²) < 4.78 is 0. The highest BCUT2D eigenvalue weighted by Gasteiger charge is 2.21. The van der Waals surface area contributed by atoms with Crippen LogP contribution in [0.4, 0.5) is 0 Å². The lowest BCUT2D eigenvalue weighted by Crippen LogP contribution is -3.08. The molecule has 1 aliphatic rings. The van der Waals surface area contributed by atoms with E-state index in [-0.39, 0.29) is 0 Å². The molecule has 14 heavy (non-hydrogen) atoms. The van der Waals surface area contributed by atoms with Crippen molar-refractivity contribution in [1.82, 2.24) is 0 Å². The summed E-state index contributed by atoms with van der Waals surface area (Å²) in [4.78, 5) is 1.42. The van der Waals surface area contributed by atoms with Crippen molar-refractivity contribution in [3.05, 3.63) is 41.9 Å². The maximum absolute atomic E-state index is 5.94. The van der Waals surface area contributed by atoms with Gasteiger partial charge in [-0.05, 0) is 24.1 Å². The van der Waals surface area contributed by atoms with E-state index in [9.17, 15) is 0 Å². The average Bonchev–Trinajstić information content (AvgIpc) is 2.52. The topological polar surface area (TPSA) is 4.44 Å². The zero-order valence-corrected chi connectivity index (χ0v) is 9.06. The lowest BCUT2D eigenvalue weighted by Gasteiger charge is -2.23. The van der Waals surface area contributed by atoms with Crippen LogP contribution in [0.3, 0.4) is 0 Å². The Hall–Kier alpha value is -0.530. The van der Waals surface area contributed by atoms with Crippen molar-refractivity contribution in [2.45, 2.75) is 25.3 Å². The van der Waals surface area contributed by atoms with Crippen molar-refractivity contribution in [2.24, 2.45) is 0 Å². The standard InChI is InChI=1S/C12H16ClN/c1-14-7-3-6-12(14)9-10-4-2-5-11(13)8-10/h2,4-5,8,12,14H,1,3,6-7,9H2. The first-order chi connectivity index (χ1) is 6.75. The number of benzene rings is 1. The largest absolute Gasteiger partial charge is 0.465 e. The molecule has 1 saturated heterocycles. The second-order valence-corrected chi connectivity index (χ2v) is 4.52. The van der Waals surface area contributed by atoms with Crippen molar-refractivity contribution in [1.29, 1.82) is 0 Å². The second kappa shape index (κ2) is 4.33. The normalized spacial score (nSPS) is 26.7. The minimum atomic E-state index is 0.688. The Labute approximate surface area is 90.7 Å². The Morgan fingerprint density at radius 3 is 3.00 bits per heavy atom. The van der Waals surface area contributed by atoms with Gasteiger partial charge >= 0.3 is 0 Å². The van der Waals surface area contributed by atoms with E-state index in [1.165, 1.54) is 29.8 Å². The quantitative estimate of drug-likeness (QED) is 0.708. The molecule has 0 spiro atoms. The highest BCUT2D eigenvalue weighted by molar-refractivity contribution is 6.30. The fourth-order valence-corrected chi connectivity index (χ4v) is 2.39. The van der Waals surface area contributed by atoms with Crippen LogP contribution in [0.5, 0.6) is 0 Å². The van der Waals surface area contributed by atoms with Gasteiger partial charge < -0.3 is 4.90 Å². The lowest BCUT2D eigenvalue weighted by molar-refractivity contribution is -0.866. The summed E-state index contributed by atoms with van der Waals surface area (Å²) in [6, 6.07) is 8.85. The molecule has 2 heteroatoms. The fourth-order valence-electron chi connectivity index (χ4n) is 2.18. The summed E-state index contributed by atoms with van der Waals surface area (Å²) in [5, 5.41) is 0.839. The van der Waals surface area contributed by atoms with Gasteiger partial charge in [-0.3, -0.25) is 0 Å². The van der Waals surface area contributed by atoms with Crippen molar-refractivity contribution < 1.29 is 4.90 Å². The van der Waals surface area contributed by atoms with Crippen LogP contribution in [0.2, 0.25) is 5.02 Å². The van der Waals surface area contributed by atoms with Gasteiger partial charge in [0, 0.05) is 17.9 Å². The van der Waals surface area contributed by atoms with E-state index in [1.54, 1.807) is 0 Å². The monoisotopic (exact) mass is 209 g/mol. The number of nitrogens with one attached hydrogen (secondary N) is 1. The van der Waals surface area contributed by atoms with Crippen molar-refractivity contribution >= 4 is 11.6 Å². The molecule has 1 aliphatic heterocycles. The number of hydrogen-bond donors (Lipinski definition) is 1. The molecule has 0 aliphatic carbocycles. The predicted octanol–water partition coefficient (Wildman–Crippen LogP) is 1.72. The van der Waals surface area contributed by atoms with E-state index in [0.717, 1.165) is 11.4 Å². The summed E-state index contributed by atoms with van der Waals surface area (Å²) in [5.74, 6) is 0. The van der Waals surface area contributed by atoms with Gasteiger partial charge in [0.1, 0.15) is 0 Å². The van der Waals surface area contributed by atoms with E-state index < -0.39 is 0 Å². The molecule has 0 saturated carbocycles. The van der Waals surface area contributed by atoms with Crippen LogP contribution in [0, 0.1) is 7.05 Å². The molecule has 0 bridgehead atoms. The first-order valence-electron chi connectivity index (χ1n) is 5.18. The van der Waals surface area contributed by atoms with E-state index in [0.29, 0.717) is 6.04 Å². The third-order valence-corrected chi connectivity index (χ3v) is 3.23. The van der Waals surface area contributed by atoms with Gasteiger partial charge in [0.05, 0.1) is 12.6 Å². The lowest BCUT2D eigenvalue weighted by atomic mass is 10.0. The Balaban J connectivity index is 2.03. The first-order valence-corrected chi connectivity index (χ1v) is 5.55. The molecule has 0 aromatic heterocycles. The Kier molecular flexibility index (Phi) is 3.09. The zero-order chi connectivity index (χ0) is 9.97. The SMILES string of the molecule is [CH2-][NH+]1CCCC1Cc1cccc(Cl)c1. The Morgan fingerprint density at radius 2 is 2.36 bits per heavy atom. The van der Waals surface area contributed by atoms with E-state index in [2.05, 4.69) is 19.2 Å². The number of likely N-dealkylation sites (tertiary alicyclic amines) is 1. The van der Waals surface area contributed by atoms with E-state index in [4.69, 9.17) is 11.6 Å². The fraction of sp³-hybridized carbons (Fsp3) is 0.417. The van der Waals surface area contributed by atoms with Gasteiger partial charge in [-0.2, -0.15) is 7.05 Å². The molecular formula is C12H16ClN. The molecule has 76 valence electrons. The van der Waals surface area contributed by atoms with Crippen molar-refractivity contribution in [3.63, 3.8) is 0 Å². The van der Waals surface area contributed by atoms with Crippen LogP contribution in [0.15, 0.2) is 24.3 Å². The molecule has 1 aromatic carbocycles. The predicted molar refractivity (Wildman–Crippen MR) is 59.4 cm³/mol. The zero-order valence-electron chi connectivity index (χ0n) is 8.30. The van der Waals surface area contributed by atoms with Gasteiger partial charge in [0.15, 0.2) is 0 Å². The summed E-state index contributed by atoms with van der Waals surface area (Å²) in [6.07, 6.45) is 3.72. The smallest absolute Gasteiger partial charge is 0.0678 e. The first kappa shape index (κ1) is 10.0. The molecule has 1 heterocycles. The molecule has 2 unspecified atom stereocenters. The summed E-state index contributed by atoms with van der Waals surface area (Å²) >= 11 is 5.94. The van der Waals surface area contributed by atoms with Crippen LogP contribution in [0.25, 0.3) is 0 Å². The van der Waals surface area contributed by atoms with Gasteiger partial charge in [-0.1, -0.05) is 23.7 Å². The van der Waals surface area contributed by atoms with Crippen LogP contribution >= 0.6 is 11.6 Å². The van der Waals surface area contributed by atoms with Gasteiger partial charge in [-0.25, -0.2) is 0 Å². The van der Waals surface area contributed by atoms with Crippen LogP contribution < -0.4 is 4.90 Å². The number of rotatable bonds is 2. The molecule has 2 rings (SSSR count).